The molecule has 0 unspecified atom stereocenters. The number of para-hydroxylation sites is 2. The van der Waals surface area contributed by atoms with Crippen molar-refractivity contribution in [3.63, 3.8) is 0 Å². The molecule has 21 heavy (non-hydrogen) atoms. The fourth-order valence-electron chi connectivity index (χ4n) is 2.54. The molecular weight excluding hydrogens is 290 g/mol. The molecule has 112 valence electrons. The Morgan fingerprint density at radius 1 is 0.952 bits per heavy atom. The quantitative estimate of drug-likeness (QED) is 0.818. The minimum Gasteiger partial charge on any atom is -0.367 e. The van der Waals surface area contributed by atoms with Crippen molar-refractivity contribution in [3.8, 4) is 5.69 Å². The van der Waals surface area contributed by atoms with Gasteiger partial charge in [0.25, 0.3) is 0 Å². The standard InChI is InChI=1S/C13H17N5O2S/c1-21(19,20)18-8-6-16(7-9-18)12-4-2-3-5-13(12)17-10-14-15-11-17/h2-5,10-11H,6-9H2,1H3. The second-order valence-electron chi connectivity index (χ2n) is 5.01. The molecule has 1 aliphatic rings. The van der Waals surface area contributed by atoms with Crippen molar-refractivity contribution in [2.24, 2.45) is 0 Å². The number of rotatable bonds is 3. The summed E-state index contributed by atoms with van der Waals surface area (Å²) in [6.07, 6.45) is 4.57. The van der Waals surface area contributed by atoms with Crippen LogP contribution < -0.4 is 4.90 Å². The van der Waals surface area contributed by atoms with E-state index in [9.17, 15) is 8.42 Å². The zero-order valence-electron chi connectivity index (χ0n) is 11.8. The maximum atomic E-state index is 11.6. The van der Waals surface area contributed by atoms with Crippen LogP contribution in [0.3, 0.4) is 0 Å². The summed E-state index contributed by atoms with van der Waals surface area (Å²) >= 11 is 0. The molecule has 1 aliphatic heterocycles. The van der Waals surface area contributed by atoms with E-state index in [2.05, 4.69) is 15.1 Å². The average Bonchev–Trinajstić information content (AvgIpc) is 3.01. The summed E-state index contributed by atoms with van der Waals surface area (Å²) in [6.45, 7) is 2.36. The predicted molar refractivity (Wildman–Crippen MR) is 80.0 cm³/mol. The fourth-order valence-corrected chi connectivity index (χ4v) is 3.36. The highest BCUT2D eigenvalue weighted by Gasteiger charge is 2.24. The van der Waals surface area contributed by atoms with E-state index in [1.54, 1.807) is 12.7 Å². The van der Waals surface area contributed by atoms with Gasteiger partial charge in [-0.25, -0.2) is 8.42 Å². The lowest BCUT2D eigenvalue weighted by atomic mass is 10.2. The fraction of sp³-hybridized carbons (Fsp3) is 0.385. The third kappa shape index (κ3) is 2.91. The zero-order chi connectivity index (χ0) is 14.9. The molecule has 1 fully saturated rings. The van der Waals surface area contributed by atoms with Crippen LogP contribution in [-0.4, -0.2) is 59.9 Å². The van der Waals surface area contributed by atoms with Crippen LogP contribution in [0.25, 0.3) is 5.69 Å². The van der Waals surface area contributed by atoms with Gasteiger partial charge >= 0.3 is 0 Å². The Labute approximate surface area is 123 Å². The van der Waals surface area contributed by atoms with E-state index in [1.807, 2.05) is 28.8 Å². The van der Waals surface area contributed by atoms with Crippen molar-refractivity contribution in [3.05, 3.63) is 36.9 Å². The highest BCUT2D eigenvalue weighted by molar-refractivity contribution is 7.88. The summed E-state index contributed by atoms with van der Waals surface area (Å²) in [5.41, 5.74) is 2.06. The van der Waals surface area contributed by atoms with Crippen LogP contribution in [0.4, 0.5) is 5.69 Å². The summed E-state index contributed by atoms with van der Waals surface area (Å²) in [4.78, 5) is 2.19. The monoisotopic (exact) mass is 307 g/mol. The van der Waals surface area contributed by atoms with Gasteiger partial charge < -0.3 is 4.90 Å². The van der Waals surface area contributed by atoms with Crippen molar-refractivity contribution < 1.29 is 8.42 Å². The van der Waals surface area contributed by atoms with E-state index >= 15 is 0 Å². The Morgan fingerprint density at radius 3 is 2.10 bits per heavy atom. The number of hydrogen-bond donors (Lipinski definition) is 0. The molecule has 0 bridgehead atoms. The van der Waals surface area contributed by atoms with Gasteiger partial charge in [-0.05, 0) is 12.1 Å². The molecule has 0 amide bonds. The largest absolute Gasteiger partial charge is 0.367 e. The van der Waals surface area contributed by atoms with Crippen molar-refractivity contribution >= 4 is 15.7 Å². The van der Waals surface area contributed by atoms with Crippen LogP contribution in [0.5, 0.6) is 0 Å². The summed E-state index contributed by atoms with van der Waals surface area (Å²) in [6, 6.07) is 7.98. The minimum absolute atomic E-state index is 0.509. The Morgan fingerprint density at radius 2 is 1.52 bits per heavy atom. The van der Waals surface area contributed by atoms with E-state index < -0.39 is 10.0 Å². The Balaban J connectivity index is 1.83. The van der Waals surface area contributed by atoms with E-state index in [0.717, 1.165) is 11.4 Å². The lowest BCUT2D eigenvalue weighted by Gasteiger charge is -2.35. The first-order valence-electron chi connectivity index (χ1n) is 6.70. The predicted octanol–water partition coefficient (Wildman–Crippen LogP) is 0.349. The van der Waals surface area contributed by atoms with Gasteiger partial charge in [-0.1, -0.05) is 12.1 Å². The summed E-state index contributed by atoms with van der Waals surface area (Å²) in [5.74, 6) is 0. The van der Waals surface area contributed by atoms with Crippen molar-refractivity contribution in [2.75, 3.05) is 37.3 Å². The molecular formula is C13H17N5O2S. The van der Waals surface area contributed by atoms with E-state index in [1.165, 1.54) is 10.6 Å². The molecule has 8 heteroatoms. The van der Waals surface area contributed by atoms with Gasteiger partial charge in [0, 0.05) is 26.2 Å². The first kappa shape index (κ1) is 14.0. The van der Waals surface area contributed by atoms with Crippen LogP contribution in [0.1, 0.15) is 0 Å². The molecule has 0 atom stereocenters. The number of sulfonamides is 1. The van der Waals surface area contributed by atoms with E-state index in [0.29, 0.717) is 26.2 Å². The molecule has 2 aromatic rings. The first-order valence-corrected chi connectivity index (χ1v) is 8.54. The number of nitrogens with zero attached hydrogens (tertiary/aromatic N) is 5. The normalized spacial score (nSPS) is 17.1. The molecule has 0 N–H and O–H groups in total. The van der Waals surface area contributed by atoms with Gasteiger partial charge in [0.05, 0.1) is 17.6 Å². The Hall–Kier alpha value is -1.93. The number of benzene rings is 1. The van der Waals surface area contributed by atoms with Crippen LogP contribution in [0.15, 0.2) is 36.9 Å². The van der Waals surface area contributed by atoms with Gasteiger partial charge in [0.1, 0.15) is 12.7 Å². The second-order valence-corrected chi connectivity index (χ2v) is 6.99. The topological polar surface area (TPSA) is 71.3 Å². The van der Waals surface area contributed by atoms with Crippen molar-refractivity contribution in [2.45, 2.75) is 0 Å². The minimum atomic E-state index is -3.10. The third-order valence-electron chi connectivity index (χ3n) is 3.63. The van der Waals surface area contributed by atoms with Crippen molar-refractivity contribution in [1.82, 2.24) is 19.1 Å². The first-order chi connectivity index (χ1) is 10.1. The lowest BCUT2D eigenvalue weighted by Crippen LogP contribution is -2.48. The molecule has 0 aliphatic carbocycles. The number of anilines is 1. The van der Waals surface area contributed by atoms with Gasteiger partial charge in [-0.3, -0.25) is 4.57 Å². The highest BCUT2D eigenvalue weighted by Crippen LogP contribution is 2.25. The van der Waals surface area contributed by atoms with Gasteiger partial charge in [-0.15, -0.1) is 10.2 Å². The SMILES string of the molecule is CS(=O)(=O)N1CCN(c2ccccc2-n2cnnc2)CC1. The summed E-state index contributed by atoms with van der Waals surface area (Å²) in [7, 11) is -3.10. The van der Waals surface area contributed by atoms with Crippen molar-refractivity contribution in [1.29, 1.82) is 0 Å². The molecule has 1 aromatic heterocycles. The highest BCUT2D eigenvalue weighted by atomic mass is 32.2. The van der Waals surface area contributed by atoms with Gasteiger partial charge in [-0.2, -0.15) is 4.31 Å². The molecule has 0 radical (unpaired) electrons. The Kier molecular flexibility index (Phi) is 3.64. The van der Waals surface area contributed by atoms with Gasteiger partial charge in [0.2, 0.25) is 10.0 Å². The molecule has 1 aromatic carbocycles. The molecule has 2 heterocycles. The molecule has 3 rings (SSSR count). The maximum absolute atomic E-state index is 11.6. The molecule has 0 saturated carbocycles. The van der Waals surface area contributed by atoms with E-state index in [4.69, 9.17) is 0 Å². The summed E-state index contributed by atoms with van der Waals surface area (Å²) in [5, 5.41) is 7.67. The number of piperazine rings is 1. The summed E-state index contributed by atoms with van der Waals surface area (Å²) < 4.78 is 26.5. The third-order valence-corrected chi connectivity index (χ3v) is 4.93. The zero-order valence-corrected chi connectivity index (χ0v) is 12.6. The van der Waals surface area contributed by atoms with Gasteiger partial charge in [0.15, 0.2) is 0 Å². The number of hydrogen-bond acceptors (Lipinski definition) is 5. The molecule has 0 spiro atoms. The van der Waals surface area contributed by atoms with E-state index in [-0.39, 0.29) is 0 Å². The number of aromatic nitrogens is 3. The van der Waals surface area contributed by atoms with Crippen LogP contribution in [0, 0.1) is 0 Å². The lowest BCUT2D eigenvalue weighted by molar-refractivity contribution is 0.388. The van der Waals surface area contributed by atoms with Crippen LogP contribution in [0.2, 0.25) is 0 Å². The average molecular weight is 307 g/mol. The molecule has 7 nitrogen and oxygen atoms in total. The van der Waals surface area contributed by atoms with Crippen LogP contribution in [-0.2, 0) is 10.0 Å². The van der Waals surface area contributed by atoms with Crippen LogP contribution >= 0.6 is 0 Å². The Bertz CT molecular complexity index is 706. The maximum Gasteiger partial charge on any atom is 0.211 e. The molecule has 1 saturated heterocycles. The smallest absolute Gasteiger partial charge is 0.211 e. The second kappa shape index (κ2) is 5.45.